The molecule has 3 nitrogen and oxygen atoms in total. The first-order chi connectivity index (χ1) is 13.1. The van der Waals surface area contributed by atoms with Gasteiger partial charge >= 0.3 is 0 Å². The molecule has 148 valence electrons. The number of carbonyl (C=O) groups excluding carboxylic acids is 2. The summed E-state index contributed by atoms with van der Waals surface area (Å²) >= 11 is 0. The number of hydrogen-bond acceptors (Lipinski definition) is 3. The Morgan fingerprint density at radius 2 is 1.74 bits per heavy atom. The lowest BCUT2D eigenvalue weighted by Gasteiger charge is -2.34. The predicted octanol–water partition coefficient (Wildman–Crippen LogP) is 5.71. The van der Waals surface area contributed by atoms with Crippen LogP contribution in [0.3, 0.4) is 0 Å². The Kier molecular flexibility index (Phi) is 7.09. The first kappa shape index (κ1) is 20.1. The molecule has 0 saturated heterocycles. The molecule has 0 amide bonds. The van der Waals surface area contributed by atoms with E-state index in [4.69, 9.17) is 4.74 Å². The smallest absolute Gasteiger partial charge is 0.151 e. The maximum atomic E-state index is 13.6. The zero-order valence-electron chi connectivity index (χ0n) is 16.9. The van der Waals surface area contributed by atoms with E-state index in [1.165, 1.54) is 19.3 Å². The van der Waals surface area contributed by atoms with Gasteiger partial charge in [-0.3, -0.25) is 9.59 Å². The molecule has 3 heteroatoms. The second-order valence-electron chi connectivity index (χ2n) is 8.35. The third-order valence-corrected chi connectivity index (χ3v) is 6.64. The summed E-state index contributed by atoms with van der Waals surface area (Å²) in [5.41, 5.74) is 1.07. The second-order valence-corrected chi connectivity index (χ2v) is 8.35. The van der Waals surface area contributed by atoms with Crippen molar-refractivity contribution in [2.75, 3.05) is 6.61 Å². The number of hydrogen-bond donors (Lipinski definition) is 0. The van der Waals surface area contributed by atoms with Crippen LogP contribution in [0.2, 0.25) is 0 Å². The van der Waals surface area contributed by atoms with E-state index < -0.39 is 0 Å². The molecule has 0 N–H and O–H groups in total. The highest BCUT2D eigenvalue weighted by molar-refractivity contribution is 6.05. The van der Waals surface area contributed by atoms with E-state index in [-0.39, 0.29) is 23.4 Å². The van der Waals surface area contributed by atoms with E-state index in [0.29, 0.717) is 24.9 Å². The summed E-state index contributed by atoms with van der Waals surface area (Å²) in [4.78, 5) is 26.3. The van der Waals surface area contributed by atoms with Gasteiger partial charge in [0.15, 0.2) is 5.78 Å². The summed E-state index contributed by atoms with van der Waals surface area (Å²) in [5.74, 6) is 1.55. The van der Waals surface area contributed by atoms with Crippen LogP contribution in [0.4, 0.5) is 0 Å². The molecule has 0 heterocycles. The lowest BCUT2D eigenvalue weighted by molar-refractivity contribution is -0.137. The van der Waals surface area contributed by atoms with Crippen LogP contribution in [0.5, 0.6) is 5.75 Å². The standard InChI is InChI=1S/C24H34O3/c1-3-17-10-15-21(22(25)16-17)24(26)23(18-8-6-5-7-9-18)19-11-13-20(14-12-19)27-4-2/h11-14,17-18,21,23H,3-10,15-16H2,1-2H3. The van der Waals surface area contributed by atoms with Gasteiger partial charge in [-0.05, 0) is 62.1 Å². The Morgan fingerprint density at radius 3 is 2.33 bits per heavy atom. The van der Waals surface area contributed by atoms with Gasteiger partial charge in [0, 0.05) is 12.3 Å². The van der Waals surface area contributed by atoms with Gasteiger partial charge in [-0.2, -0.15) is 0 Å². The third kappa shape index (κ3) is 4.80. The van der Waals surface area contributed by atoms with Crippen molar-refractivity contribution in [2.24, 2.45) is 17.8 Å². The van der Waals surface area contributed by atoms with E-state index >= 15 is 0 Å². The zero-order valence-corrected chi connectivity index (χ0v) is 16.9. The summed E-state index contributed by atoms with van der Waals surface area (Å²) in [6.07, 6.45) is 9.25. The minimum atomic E-state index is -0.383. The van der Waals surface area contributed by atoms with Crippen molar-refractivity contribution in [3.8, 4) is 5.75 Å². The first-order valence-electron chi connectivity index (χ1n) is 10.9. The molecule has 1 aromatic rings. The Labute approximate surface area is 163 Å². The number of Topliss-reactive ketones (excluding diaryl/α,β-unsaturated/α-hetero) is 2. The molecular formula is C24H34O3. The molecule has 3 unspecified atom stereocenters. The molecule has 0 aliphatic heterocycles. The van der Waals surface area contributed by atoms with Crippen LogP contribution in [0.1, 0.15) is 83.1 Å². The SMILES string of the molecule is CCOc1ccc(C(C(=O)C2CCC(CC)CC2=O)C2CCCCC2)cc1. The molecule has 1 aromatic carbocycles. The van der Waals surface area contributed by atoms with Gasteiger partial charge in [0.2, 0.25) is 0 Å². The third-order valence-electron chi connectivity index (χ3n) is 6.64. The van der Waals surface area contributed by atoms with E-state index in [2.05, 4.69) is 6.92 Å². The average molecular weight is 371 g/mol. The van der Waals surface area contributed by atoms with Crippen LogP contribution in [0.25, 0.3) is 0 Å². The molecule has 3 atom stereocenters. The number of rotatable bonds is 7. The van der Waals surface area contributed by atoms with Crippen molar-refractivity contribution in [2.45, 2.75) is 77.6 Å². The van der Waals surface area contributed by atoms with E-state index in [9.17, 15) is 9.59 Å². The Balaban J connectivity index is 1.83. The van der Waals surface area contributed by atoms with Crippen LogP contribution in [-0.4, -0.2) is 18.2 Å². The lowest BCUT2D eigenvalue weighted by atomic mass is 9.68. The molecule has 2 aliphatic carbocycles. The molecular weight excluding hydrogens is 336 g/mol. The van der Waals surface area contributed by atoms with Gasteiger partial charge in [0.1, 0.15) is 11.5 Å². The van der Waals surface area contributed by atoms with Gasteiger partial charge in [0.25, 0.3) is 0 Å². The normalized spacial score (nSPS) is 25.2. The number of carbonyl (C=O) groups is 2. The molecule has 0 bridgehead atoms. The number of ether oxygens (including phenoxy) is 1. The first-order valence-corrected chi connectivity index (χ1v) is 10.9. The van der Waals surface area contributed by atoms with Crippen LogP contribution in [-0.2, 0) is 9.59 Å². The van der Waals surface area contributed by atoms with Gasteiger partial charge in [0.05, 0.1) is 12.5 Å². The predicted molar refractivity (Wildman–Crippen MR) is 108 cm³/mol. The van der Waals surface area contributed by atoms with Crippen LogP contribution < -0.4 is 4.74 Å². The van der Waals surface area contributed by atoms with Crippen LogP contribution in [0.15, 0.2) is 24.3 Å². The Bertz CT molecular complexity index is 628. The Morgan fingerprint density at radius 1 is 1.04 bits per heavy atom. The van der Waals surface area contributed by atoms with E-state index in [1.54, 1.807) is 0 Å². The van der Waals surface area contributed by atoms with Gasteiger partial charge in [-0.1, -0.05) is 44.7 Å². The highest BCUT2D eigenvalue weighted by atomic mass is 16.5. The Hall–Kier alpha value is -1.64. The average Bonchev–Trinajstić information content (AvgIpc) is 2.70. The maximum Gasteiger partial charge on any atom is 0.151 e. The van der Waals surface area contributed by atoms with Gasteiger partial charge < -0.3 is 4.74 Å². The lowest BCUT2D eigenvalue weighted by Crippen LogP contribution is -2.36. The fourth-order valence-corrected chi connectivity index (χ4v) is 5.03. The van der Waals surface area contributed by atoms with Crippen molar-refractivity contribution < 1.29 is 14.3 Å². The van der Waals surface area contributed by atoms with E-state index in [1.807, 2.05) is 31.2 Å². The highest BCUT2D eigenvalue weighted by Gasteiger charge is 2.40. The molecule has 27 heavy (non-hydrogen) atoms. The summed E-state index contributed by atoms with van der Waals surface area (Å²) in [6.45, 7) is 4.75. The molecule has 2 fully saturated rings. The van der Waals surface area contributed by atoms with Gasteiger partial charge in [-0.15, -0.1) is 0 Å². The molecule has 0 spiro atoms. The minimum Gasteiger partial charge on any atom is -0.494 e. The summed E-state index contributed by atoms with van der Waals surface area (Å²) in [5, 5.41) is 0. The van der Waals surface area contributed by atoms with Crippen LogP contribution in [0, 0.1) is 17.8 Å². The molecule has 0 aromatic heterocycles. The molecule has 3 rings (SSSR count). The number of ketones is 2. The molecule has 2 aliphatic rings. The molecule has 0 radical (unpaired) electrons. The largest absolute Gasteiger partial charge is 0.494 e. The zero-order chi connectivity index (χ0) is 19.2. The van der Waals surface area contributed by atoms with Crippen molar-refractivity contribution in [3.63, 3.8) is 0 Å². The van der Waals surface area contributed by atoms with Crippen LogP contribution >= 0.6 is 0 Å². The van der Waals surface area contributed by atoms with Crippen molar-refractivity contribution >= 4 is 11.6 Å². The number of benzene rings is 1. The van der Waals surface area contributed by atoms with Crippen molar-refractivity contribution in [3.05, 3.63) is 29.8 Å². The quantitative estimate of drug-likeness (QED) is 0.577. The second kappa shape index (κ2) is 9.52. The maximum absolute atomic E-state index is 13.6. The monoisotopic (exact) mass is 370 g/mol. The van der Waals surface area contributed by atoms with Crippen molar-refractivity contribution in [1.82, 2.24) is 0 Å². The summed E-state index contributed by atoms with van der Waals surface area (Å²) in [6, 6.07) is 8.03. The fourth-order valence-electron chi connectivity index (χ4n) is 5.03. The van der Waals surface area contributed by atoms with Crippen molar-refractivity contribution in [1.29, 1.82) is 0 Å². The topological polar surface area (TPSA) is 43.4 Å². The highest BCUT2D eigenvalue weighted by Crippen LogP contribution is 2.41. The van der Waals surface area contributed by atoms with Gasteiger partial charge in [-0.25, -0.2) is 0 Å². The molecule has 2 saturated carbocycles. The minimum absolute atomic E-state index is 0.131. The summed E-state index contributed by atoms with van der Waals surface area (Å²) in [7, 11) is 0. The fraction of sp³-hybridized carbons (Fsp3) is 0.667. The van der Waals surface area contributed by atoms with E-state index in [0.717, 1.165) is 43.4 Å². The summed E-state index contributed by atoms with van der Waals surface area (Å²) < 4.78 is 5.57.